The van der Waals surface area contributed by atoms with Crippen LogP contribution < -0.4 is 0 Å². The topological polar surface area (TPSA) is 72.5 Å². The Labute approximate surface area is 251 Å². The third kappa shape index (κ3) is 6.50. The highest BCUT2D eigenvalue weighted by atomic mass is 16.4. The molecule has 224 valence electrons. The standard InChI is InChI=1S/C36H48N4O2/c1-2-31(26-12-6-3-7-13-26)34-22-33(37-38-34)28-18-20-39(21-19-28)23-30-24-40(25-32(30)27-14-8-4-9-15-27)35(36(41)42)29-16-10-5-11-17-29/h3-4,6-9,12-15,22,28-32,35H,2,5,10-11,16-21,23-25H2,1H3,(H,37,38)(H,41,42). The average Bonchev–Trinajstić information content (AvgIpc) is 3.67. The highest BCUT2D eigenvalue weighted by molar-refractivity contribution is 5.74. The molecular weight excluding hydrogens is 520 g/mol. The number of H-pyrrole nitrogens is 1. The molecule has 0 spiro atoms. The van der Waals surface area contributed by atoms with Crippen LogP contribution in [0, 0.1) is 11.8 Å². The van der Waals surface area contributed by atoms with Crippen LogP contribution >= 0.6 is 0 Å². The second kappa shape index (κ2) is 13.6. The van der Waals surface area contributed by atoms with E-state index in [2.05, 4.69) is 88.6 Å². The number of nitrogens with zero attached hydrogens (tertiary/aromatic N) is 3. The van der Waals surface area contributed by atoms with Crippen molar-refractivity contribution in [2.24, 2.45) is 11.8 Å². The van der Waals surface area contributed by atoms with E-state index in [1.165, 1.54) is 36.1 Å². The van der Waals surface area contributed by atoms with Gasteiger partial charge in [-0.2, -0.15) is 5.10 Å². The van der Waals surface area contributed by atoms with Crippen LogP contribution in [-0.2, 0) is 4.79 Å². The molecule has 0 amide bonds. The van der Waals surface area contributed by atoms with Crippen molar-refractivity contribution in [3.8, 4) is 0 Å². The van der Waals surface area contributed by atoms with Gasteiger partial charge in [0.1, 0.15) is 6.04 Å². The van der Waals surface area contributed by atoms with Gasteiger partial charge in [0.15, 0.2) is 0 Å². The number of aliphatic carboxylic acids is 1. The quantitative estimate of drug-likeness (QED) is 0.279. The molecule has 3 aliphatic rings. The second-order valence-electron chi connectivity index (χ2n) is 13.1. The van der Waals surface area contributed by atoms with Crippen molar-refractivity contribution >= 4 is 5.97 Å². The molecule has 2 saturated heterocycles. The lowest BCUT2D eigenvalue weighted by Gasteiger charge is -2.35. The van der Waals surface area contributed by atoms with Gasteiger partial charge in [-0.25, -0.2) is 0 Å². The first-order valence-corrected chi connectivity index (χ1v) is 16.4. The maximum Gasteiger partial charge on any atom is 0.321 e. The lowest BCUT2D eigenvalue weighted by molar-refractivity contribution is -0.145. The van der Waals surface area contributed by atoms with Gasteiger partial charge >= 0.3 is 5.97 Å². The normalized spacial score (nSPS) is 24.5. The summed E-state index contributed by atoms with van der Waals surface area (Å²) in [6, 6.07) is 23.6. The van der Waals surface area contributed by atoms with Crippen molar-refractivity contribution in [3.05, 3.63) is 89.2 Å². The van der Waals surface area contributed by atoms with Gasteiger partial charge in [-0.1, -0.05) is 86.8 Å². The molecule has 3 aromatic rings. The SMILES string of the molecule is CCC(c1ccccc1)c1cc(C2CCN(CC3CN(C(C(=O)O)C4CCCCC4)CC3c3ccccc3)CC2)[nH]n1. The Morgan fingerprint density at radius 2 is 1.64 bits per heavy atom. The van der Waals surface area contributed by atoms with E-state index in [1.54, 1.807) is 0 Å². The molecule has 6 rings (SSSR count). The zero-order chi connectivity index (χ0) is 28.9. The van der Waals surface area contributed by atoms with Crippen molar-refractivity contribution in [3.63, 3.8) is 0 Å². The summed E-state index contributed by atoms with van der Waals surface area (Å²) in [5, 5.41) is 18.5. The van der Waals surface area contributed by atoms with Crippen LogP contribution in [0.5, 0.6) is 0 Å². The smallest absolute Gasteiger partial charge is 0.321 e. The first-order valence-electron chi connectivity index (χ1n) is 16.4. The Bertz CT molecular complexity index is 1260. The predicted octanol–water partition coefficient (Wildman–Crippen LogP) is 6.88. The van der Waals surface area contributed by atoms with Crippen molar-refractivity contribution in [2.45, 2.75) is 82.1 Å². The van der Waals surface area contributed by atoms with Crippen LogP contribution in [0.25, 0.3) is 0 Å². The molecule has 2 N–H and O–H groups in total. The van der Waals surface area contributed by atoms with Gasteiger partial charge in [0.05, 0.1) is 5.69 Å². The minimum atomic E-state index is -0.619. The summed E-state index contributed by atoms with van der Waals surface area (Å²) in [6.07, 6.45) is 9.02. The number of piperidine rings is 1. The number of carbonyl (C=O) groups is 1. The molecule has 0 radical (unpaired) electrons. The monoisotopic (exact) mass is 568 g/mol. The number of hydrogen-bond acceptors (Lipinski definition) is 4. The highest BCUT2D eigenvalue weighted by Gasteiger charge is 2.43. The van der Waals surface area contributed by atoms with E-state index in [4.69, 9.17) is 5.10 Å². The molecule has 2 aliphatic heterocycles. The molecule has 4 unspecified atom stereocenters. The number of rotatable bonds is 10. The highest BCUT2D eigenvalue weighted by Crippen LogP contribution is 2.39. The van der Waals surface area contributed by atoms with Crippen LogP contribution in [0.2, 0.25) is 0 Å². The Balaban J connectivity index is 1.10. The van der Waals surface area contributed by atoms with E-state index in [0.717, 1.165) is 70.5 Å². The van der Waals surface area contributed by atoms with Gasteiger partial charge in [-0.3, -0.25) is 14.8 Å². The van der Waals surface area contributed by atoms with Gasteiger partial charge in [0, 0.05) is 43.1 Å². The van der Waals surface area contributed by atoms with E-state index in [0.29, 0.717) is 23.7 Å². The number of carboxylic acids is 1. The Morgan fingerprint density at radius 3 is 2.31 bits per heavy atom. The van der Waals surface area contributed by atoms with Gasteiger partial charge in [-0.05, 0) is 74.2 Å². The fourth-order valence-corrected chi connectivity index (χ4v) is 8.30. The first-order chi connectivity index (χ1) is 20.6. The molecular formula is C36H48N4O2. The van der Waals surface area contributed by atoms with Crippen LogP contribution in [0.15, 0.2) is 66.7 Å². The van der Waals surface area contributed by atoms with Gasteiger partial charge in [-0.15, -0.1) is 0 Å². The van der Waals surface area contributed by atoms with Crippen LogP contribution in [-0.4, -0.2) is 69.8 Å². The second-order valence-corrected chi connectivity index (χ2v) is 13.1. The predicted molar refractivity (Wildman–Crippen MR) is 168 cm³/mol. The van der Waals surface area contributed by atoms with Gasteiger partial charge in [0.25, 0.3) is 0 Å². The summed E-state index contributed by atoms with van der Waals surface area (Å²) in [4.78, 5) is 17.6. The number of likely N-dealkylation sites (tertiary alicyclic amines) is 2. The molecule has 2 aromatic carbocycles. The van der Waals surface area contributed by atoms with E-state index < -0.39 is 5.97 Å². The van der Waals surface area contributed by atoms with E-state index in [1.807, 2.05) is 0 Å². The summed E-state index contributed by atoms with van der Waals surface area (Å²) >= 11 is 0. The van der Waals surface area contributed by atoms with Crippen molar-refractivity contribution in [2.75, 3.05) is 32.7 Å². The summed E-state index contributed by atoms with van der Waals surface area (Å²) in [7, 11) is 0. The van der Waals surface area contributed by atoms with Gasteiger partial charge < -0.3 is 10.0 Å². The molecule has 3 fully saturated rings. The fourth-order valence-electron chi connectivity index (χ4n) is 8.30. The molecule has 6 heteroatoms. The molecule has 0 bridgehead atoms. The number of hydrogen-bond donors (Lipinski definition) is 2. The molecule has 3 heterocycles. The largest absolute Gasteiger partial charge is 0.480 e. The first kappa shape index (κ1) is 29.1. The zero-order valence-electron chi connectivity index (χ0n) is 25.2. The van der Waals surface area contributed by atoms with E-state index >= 15 is 0 Å². The minimum absolute atomic E-state index is 0.288. The maximum absolute atomic E-state index is 12.6. The van der Waals surface area contributed by atoms with Crippen molar-refractivity contribution in [1.82, 2.24) is 20.0 Å². The summed E-state index contributed by atoms with van der Waals surface area (Å²) < 4.78 is 0. The Hall–Kier alpha value is -2.96. The molecule has 1 aromatic heterocycles. The van der Waals surface area contributed by atoms with Crippen LogP contribution in [0.1, 0.15) is 98.6 Å². The summed E-state index contributed by atoms with van der Waals surface area (Å²) in [5.41, 5.74) is 5.13. The molecule has 6 nitrogen and oxygen atoms in total. The molecule has 4 atom stereocenters. The van der Waals surface area contributed by atoms with E-state index in [9.17, 15) is 9.90 Å². The average molecular weight is 569 g/mol. The van der Waals surface area contributed by atoms with E-state index in [-0.39, 0.29) is 12.0 Å². The zero-order valence-corrected chi connectivity index (χ0v) is 25.2. The van der Waals surface area contributed by atoms with Crippen molar-refractivity contribution < 1.29 is 9.90 Å². The van der Waals surface area contributed by atoms with Crippen LogP contribution in [0.4, 0.5) is 0 Å². The molecule has 1 saturated carbocycles. The van der Waals surface area contributed by atoms with Crippen LogP contribution in [0.3, 0.4) is 0 Å². The number of benzene rings is 2. The lowest BCUT2D eigenvalue weighted by atomic mass is 9.83. The fraction of sp³-hybridized carbons (Fsp3) is 0.556. The minimum Gasteiger partial charge on any atom is -0.480 e. The van der Waals surface area contributed by atoms with Gasteiger partial charge in [0.2, 0.25) is 0 Å². The maximum atomic E-state index is 12.6. The summed E-state index contributed by atoms with van der Waals surface area (Å²) in [6.45, 7) is 7.19. The Kier molecular flexibility index (Phi) is 9.40. The number of carboxylic acid groups (broad SMARTS) is 1. The Morgan fingerprint density at radius 1 is 0.952 bits per heavy atom. The summed E-state index contributed by atoms with van der Waals surface area (Å²) in [5.74, 6) is 1.35. The lowest BCUT2D eigenvalue weighted by Crippen LogP contribution is -2.46. The molecule has 42 heavy (non-hydrogen) atoms. The third-order valence-electron chi connectivity index (χ3n) is 10.5. The molecule has 1 aliphatic carbocycles. The number of aromatic nitrogens is 2. The number of aromatic amines is 1. The number of nitrogens with one attached hydrogen (secondary N) is 1. The third-order valence-corrected chi connectivity index (χ3v) is 10.5. The van der Waals surface area contributed by atoms with Crippen molar-refractivity contribution in [1.29, 1.82) is 0 Å².